The maximum absolute atomic E-state index is 13.3. The molecule has 0 saturated carbocycles. The average Bonchev–Trinajstić information content (AvgIpc) is 3.26. The van der Waals surface area contributed by atoms with Crippen LogP contribution in [-0.4, -0.2) is 68.1 Å². The second-order valence-electron chi connectivity index (χ2n) is 7.92. The zero-order chi connectivity index (χ0) is 23.3. The lowest BCUT2D eigenvalue weighted by Gasteiger charge is -2.31. The lowest BCUT2D eigenvalue weighted by molar-refractivity contribution is 0.0865. The van der Waals surface area contributed by atoms with Crippen LogP contribution in [0.3, 0.4) is 0 Å². The first-order chi connectivity index (χ1) is 15.3. The number of nitrogens with one attached hydrogen (secondary N) is 2. The quantitative estimate of drug-likeness (QED) is 0.465. The Morgan fingerprint density at radius 1 is 1.22 bits per heavy atom. The van der Waals surface area contributed by atoms with Crippen LogP contribution in [0.15, 0.2) is 30.3 Å². The summed E-state index contributed by atoms with van der Waals surface area (Å²) in [7, 11) is 4.88. The maximum atomic E-state index is 13.3. The predicted molar refractivity (Wildman–Crippen MR) is 123 cm³/mol. The van der Waals surface area contributed by atoms with Crippen molar-refractivity contribution < 1.29 is 19.1 Å². The van der Waals surface area contributed by atoms with Gasteiger partial charge in [0, 0.05) is 25.8 Å². The van der Waals surface area contributed by atoms with Gasteiger partial charge in [0.1, 0.15) is 10.7 Å². The number of carbonyl (C=O) groups is 2. The molecule has 1 aromatic carbocycles. The average molecular weight is 461 g/mol. The summed E-state index contributed by atoms with van der Waals surface area (Å²) in [6, 6.07) is 8.75. The third-order valence-corrected chi connectivity index (χ3v) is 5.99. The first-order valence-electron chi connectivity index (χ1n) is 10.4. The molecule has 0 spiro atoms. The van der Waals surface area contributed by atoms with Crippen LogP contribution in [-0.2, 0) is 6.42 Å². The zero-order valence-electron chi connectivity index (χ0n) is 18.8. The molecular weight excluding hydrogens is 432 g/mol. The van der Waals surface area contributed by atoms with Gasteiger partial charge in [-0.15, -0.1) is 0 Å². The van der Waals surface area contributed by atoms with Crippen LogP contribution in [0.25, 0.3) is 0 Å². The summed E-state index contributed by atoms with van der Waals surface area (Å²) in [4.78, 5) is 32.1. The lowest BCUT2D eigenvalue weighted by Crippen LogP contribution is -2.58. The number of pyridine rings is 1. The lowest BCUT2D eigenvalue weighted by atomic mass is 9.89. The van der Waals surface area contributed by atoms with Crippen molar-refractivity contribution >= 4 is 23.4 Å². The Balaban J connectivity index is 1.68. The van der Waals surface area contributed by atoms with Gasteiger partial charge >= 0.3 is 6.03 Å². The van der Waals surface area contributed by atoms with Crippen LogP contribution in [0.5, 0.6) is 11.5 Å². The van der Waals surface area contributed by atoms with Gasteiger partial charge in [0.05, 0.1) is 19.8 Å². The summed E-state index contributed by atoms with van der Waals surface area (Å²) < 4.78 is 10.6. The van der Waals surface area contributed by atoms with Gasteiger partial charge in [0.15, 0.2) is 17.3 Å². The Morgan fingerprint density at radius 3 is 2.59 bits per heavy atom. The molecular formula is C23H29ClN4O4. The van der Waals surface area contributed by atoms with Gasteiger partial charge < -0.3 is 25.0 Å². The fourth-order valence-electron chi connectivity index (χ4n) is 3.74. The number of halogens is 1. The minimum atomic E-state index is -1.06. The number of carbonyl (C=O) groups excluding carboxylic acids is 2. The molecule has 2 heterocycles. The minimum absolute atomic E-state index is 0.150. The van der Waals surface area contributed by atoms with Crippen molar-refractivity contribution in [2.24, 2.45) is 0 Å². The zero-order valence-corrected chi connectivity index (χ0v) is 19.6. The first-order valence-corrected chi connectivity index (χ1v) is 10.8. The van der Waals surface area contributed by atoms with Gasteiger partial charge in [-0.1, -0.05) is 17.7 Å². The first kappa shape index (κ1) is 23.8. The summed E-state index contributed by atoms with van der Waals surface area (Å²) in [5, 5.41) is 6.28. The van der Waals surface area contributed by atoms with E-state index in [2.05, 4.69) is 15.6 Å². The van der Waals surface area contributed by atoms with Crippen molar-refractivity contribution in [3.63, 3.8) is 0 Å². The number of amides is 2. The summed E-state index contributed by atoms with van der Waals surface area (Å²) in [5.74, 6) is 1.06. The van der Waals surface area contributed by atoms with Crippen LogP contribution >= 0.6 is 11.6 Å². The summed E-state index contributed by atoms with van der Waals surface area (Å²) in [6.07, 6.45) is 1.10. The van der Waals surface area contributed by atoms with Crippen LogP contribution in [0.1, 0.15) is 28.0 Å². The molecule has 0 radical (unpaired) electrons. The highest BCUT2D eigenvalue weighted by atomic mass is 35.5. The SMILES string of the molecule is COc1ccc(CCN(C)C(=O)N[C@]2(C(=O)c3ccc(C)nc3Cl)CCNC2)cc1OC. The topological polar surface area (TPSA) is 92.8 Å². The predicted octanol–water partition coefficient (Wildman–Crippen LogP) is 2.86. The summed E-state index contributed by atoms with van der Waals surface area (Å²) in [6.45, 7) is 3.23. The number of benzene rings is 1. The molecule has 3 rings (SSSR count). The molecule has 1 saturated heterocycles. The fourth-order valence-corrected chi connectivity index (χ4v) is 4.02. The van der Waals surface area contributed by atoms with Crippen molar-refractivity contribution in [3.8, 4) is 11.5 Å². The molecule has 0 aliphatic carbocycles. The number of ketones is 1. The number of urea groups is 1. The number of likely N-dealkylation sites (N-methyl/N-ethyl adjacent to an activating group) is 1. The fraction of sp³-hybridized carbons (Fsp3) is 0.435. The number of rotatable bonds is 8. The third kappa shape index (κ3) is 5.14. The number of Topliss-reactive ketones (excluding diaryl/α,β-unsaturated/α-hetero) is 1. The normalized spacial score (nSPS) is 17.7. The van der Waals surface area contributed by atoms with Gasteiger partial charge in [-0.25, -0.2) is 9.78 Å². The number of methoxy groups -OCH3 is 2. The summed E-state index contributed by atoms with van der Waals surface area (Å²) >= 11 is 6.23. The number of hydrogen-bond donors (Lipinski definition) is 2. The van der Waals surface area contributed by atoms with Crippen LogP contribution < -0.4 is 20.1 Å². The maximum Gasteiger partial charge on any atom is 0.318 e. The summed E-state index contributed by atoms with van der Waals surface area (Å²) in [5.41, 5.74) is 0.987. The molecule has 2 N–H and O–H groups in total. The number of ether oxygens (including phenoxy) is 2. The number of hydrogen-bond acceptors (Lipinski definition) is 6. The van der Waals surface area contributed by atoms with E-state index in [-0.39, 0.29) is 17.0 Å². The van der Waals surface area contributed by atoms with Crippen LogP contribution in [0, 0.1) is 6.92 Å². The molecule has 1 aliphatic heterocycles. The molecule has 2 amide bonds. The van der Waals surface area contributed by atoms with Crippen molar-refractivity contribution in [2.75, 3.05) is 40.9 Å². The molecule has 1 aromatic heterocycles. The van der Waals surface area contributed by atoms with E-state index in [0.717, 1.165) is 11.3 Å². The van der Waals surface area contributed by atoms with Crippen molar-refractivity contribution in [3.05, 3.63) is 52.3 Å². The molecule has 0 bridgehead atoms. The van der Waals surface area contributed by atoms with Crippen LogP contribution in [0.2, 0.25) is 5.15 Å². The second-order valence-corrected chi connectivity index (χ2v) is 8.28. The van der Waals surface area contributed by atoms with E-state index in [9.17, 15) is 9.59 Å². The smallest absolute Gasteiger partial charge is 0.318 e. The van der Waals surface area contributed by atoms with Crippen LogP contribution in [0.4, 0.5) is 4.79 Å². The highest BCUT2D eigenvalue weighted by molar-refractivity contribution is 6.33. The molecule has 9 heteroatoms. The van der Waals surface area contributed by atoms with E-state index in [0.29, 0.717) is 49.5 Å². The standard InChI is InChI=1S/C23H29ClN4O4/c1-15-5-7-17(21(24)26-15)20(29)23(10-11-25-14-23)27-22(30)28(2)12-9-16-6-8-18(31-3)19(13-16)32-4/h5-8,13,25H,9-12,14H2,1-4H3,(H,27,30)/t23-/m1/s1. The number of aryl methyl sites for hydroxylation is 1. The molecule has 2 aromatic rings. The highest BCUT2D eigenvalue weighted by Crippen LogP contribution is 2.28. The van der Waals surface area contributed by atoms with E-state index in [4.69, 9.17) is 21.1 Å². The van der Waals surface area contributed by atoms with Gasteiger partial charge in [-0.05, 0) is 56.1 Å². The van der Waals surface area contributed by atoms with E-state index in [1.54, 1.807) is 38.3 Å². The highest BCUT2D eigenvalue weighted by Gasteiger charge is 2.44. The van der Waals surface area contributed by atoms with E-state index < -0.39 is 5.54 Å². The van der Waals surface area contributed by atoms with Gasteiger partial charge in [-0.3, -0.25) is 4.79 Å². The Labute approximate surface area is 193 Å². The van der Waals surface area contributed by atoms with E-state index in [1.807, 2.05) is 25.1 Å². The van der Waals surface area contributed by atoms with Crippen molar-refractivity contribution in [2.45, 2.75) is 25.3 Å². The van der Waals surface area contributed by atoms with Gasteiger partial charge in [0.25, 0.3) is 0 Å². The molecule has 0 unspecified atom stereocenters. The number of aromatic nitrogens is 1. The third-order valence-electron chi connectivity index (χ3n) is 5.70. The van der Waals surface area contributed by atoms with E-state index >= 15 is 0 Å². The van der Waals surface area contributed by atoms with Gasteiger partial charge in [0.2, 0.25) is 0 Å². The molecule has 1 aliphatic rings. The molecule has 1 atom stereocenters. The Bertz CT molecular complexity index is 992. The second kappa shape index (κ2) is 10.2. The Morgan fingerprint density at radius 2 is 1.97 bits per heavy atom. The molecule has 1 fully saturated rings. The monoisotopic (exact) mass is 460 g/mol. The minimum Gasteiger partial charge on any atom is -0.493 e. The molecule has 32 heavy (non-hydrogen) atoms. The molecule has 172 valence electrons. The Hall–Kier alpha value is -2.84. The largest absolute Gasteiger partial charge is 0.493 e. The van der Waals surface area contributed by atoms with E-state index in [1.165, 1.54) is 0 Å². The van der Waals surface area contributed by atoms with Crippen molar-refractivity contribution in [1.29, 1.82) is 0 Å². The number of nitrogens with zero attached hydrogens (tertiary/aromatic N) is 2. The molecule has 8 nitrogen and oxygen atoms in total. The van der Waals surface area contributed by atoms with Crippen molar-refractivity contribution in [1.82, 2.24) is 20.5 Å². The van der Waals surface area contributed by atoms with Gasteiger partial charge in [-0.2, -0.15) is 0 Å². The Kier molecular flexibility index (Phi) is 7.58.